The Hall–Kier alpha value is -0.570. The number of hydrogen-bond donors (Lipinski definition) is 2. The Morgan fingerprint density at radius 1 is 1.21 bits per heavy atom. The lowest BCUT2D eigenvalue weighted by molar-refractivity contribution is -0.142. The number of aliphatic carboxylic acids is 1. The maximum Gasteiger partial charge on any atom is 0.306 e. The molecule has 1 aliphatic heterocycles. The van der Waals surface area contributed by atoms with Crippen LogP contribution in [0.4, 0.5) is 0 Å². The van der Waals surface area contributed by atoms with Crippen LogP contribution in [0.15, 0.2) is 0 Å². The lowest BCUT2D eigenvalue weighted by Crippen LogP contribution is -2.23. The van der Waals surface area contributed by atoms with Gasteiger partial charge in [0.15, 0.2) is 0 Å². The van der Waals surface area contributed by atoms with Gasteiger partial charge in [0.05, 0.1) is 5.92 Å². The van der Waals surface area contributed by atoms with Crippen LogP contribution in [0.3, 0.4) is 0 Å². The Morgan fingerprint density at radius 3 is 2.58 bits per heavy atom. The van der Waals surface area contributed by atoms with E-state index in [1.165, 1.54) is 44.9 Å². The van der Waals surface area contributed by atoms with Crippen LogP contribution < -0.4 is 5.32 Å². The first-order valence-corrected chi connectivity index (χ1v) is 8.20. The highest BCUT2D eigenvalue weighted by Gasteiger charge is 2.20. The molecule has 0 aromatic rings. The molecule has 19 heavy (non-hydrogen) atoms. The van der Waals surface area contributed by atoms with E-state index < -0.39 is 5.97 Å². The van der Waals surface area contributed by atoms with E-state index in [2.05, 4.69) is 12.2 Å². The van der Waals surface area contributed by atoms with Crippen LogP contribution in [0.25, 0.3) is 0 Å². The Bertz CT molecular complexity index is 237. The molecule has 0 amide bonds. The third kappa shape index (κ3) is 7.56. The highest BCUT2D eigenvalue weighted by molar-refractivity contribution is 5.69. The van der Waals surface area contributed by atoms with Crippen molar-refractivity contribution in [3.8, 4) is 0 Å². The third-order valence-electron chi connectivity index (χ3n) is 4.28. The average molecular weight is 269 g/mol. The standard InChI is InChI=1S/C16H31NO2/c1-2-3-4-5-6-7-9-14(16(18)19)11-12-15-10-8-13-17-15/h14-15,17H,2-13H2,1H3,(H,18,19). The van der Waals surface area contributed by atoms with Gasteiger partial charge in [-0.1, -0.05) is 45.4 Å². The zero-order chi connectivity index (χ0) is 13.9. The Labute approximate surface area is 118 Å². The summed E-state index contributed by atoms with van der Waals surface area (Å²) in [6.45, 7) is 3.33. The fourth-order valence-electron chi connectivity index (χ4n) is 2.97. The molecule has 2 N–H and O–H groups in total. The second kappa shape index (κ2) is 10.2. The van der Waals surface area contributed by atoms with Gasteiger partial charge < -0.3 is 10.4 Å². The second-order valence-electron chi connectivity index (χ2n) is 5.96. The number of hydrogen-bond acceptors (Lipinski definition) is 2. The molecule has 3 heteroatoms. The highest BCUT2D eigenvalue weighted by atomic mass is 16.4. The maximum absolute atomic E-state index is 11.3. The largest absolute Gasteiger partial charge is 0.481 e. The summed E-state index contributed by atoms with van der Waals surface area (Å²) in [5, 5.41) is 12.7. The van der Waals surface area contributed by atoms with Crippen LogP contribution in [0, 0.1) is 5.92 Å². The molecule has 0 aliphatic carbocycles. The zero-order valence-corrected chi connectivity index (χ0v) is 12.5. The smallest absolute Gasteiger partial charge is 0.306 e. The lowest BCUT2D eigenvalue weighted by Gasteiger charge is -2.15. The van der Waals surface area contributed by atoms with Crippen molar-refractivity contribution in [1.82, 2.24) is 5.32 Å². The van der Waals surface area contributed by atoms with Gasteiger partial charge >= 0.3 is 5.97 Å². The van der Waals surface area contributed by atoms with Gasteiger partial charge in [-0.15, -0.1) is 0 Å². The fraction of sp³-hybridized carbons (Fsp3) is 0.938. The van der Waals surface area contributed by atoms with Gasteiger partial charge in [-0.05, 0) is 38.6 Å². The summed E-state index contributed by atoms with van der Waals surface area (Å²) in [5.41, 5.74) is 0. The first-order chi connectivity index (χ1) is 9.24. The maximum atomic E-state index is 11.3. The predicted octanol–water partition coefficient (Wildman–Crippen LogP) is 3.97. The monoisotopic (exact) mass is 269 g/mol. The van der Waals surface area contributed by atoms with Crippen molar-refractivity contribution in [3.05, 3.63) is 0 Å². The highest BCUT2D eigenvalue weighted by Crippen LogP contribution is 2.20. The molecule has 0 spiro atoms. The summed E-state index contributed by atoms with van der Waals surface area (Å²) in [7, 11) is 0. The van der Waals surface area contributed by atoms with Crippen molar-refractivity contribution in [2.24, 2.45) is 5.92 Å². The van der Waals surface area contributed by atoms with E-state index in [1.807, 2.05) is 0 Å². The Balaban J connectivity index is 2.08. The average Bonchev–Trinajstić information content (AvgIpc) is 2.89. The number of carboxylic acids is 1. The van der Waals surface area contributed by atoms with Crippen LogP contribution in [0.5, 0.6) is 0 Å². The molecular formula is C16H31NO2. The Morgan fingerprint density at radius 2 is 1.95 bits per heavy atom. The molecule has 2 atom stereocenters. The van der Waals surface area contributed by atoms with Gasteiger partial charge in [0, 0.05) is 6.04 Å². The molecule has 1 aliphatic rings. The van der Waals surface area contributed by atoms with Crippen molar-refractivity contribution < 1.29 is 9.90 Å². The molecule has 0 radical (unpaired) electrons. The van der Waals surface area contributed by atoms with E-state index in [4.69, 9.17) is 0 Å². The minimum atomic E-state index is -0.591. The summed E-state index contributed by atoms with van der Waals surface area (Å²) < 4.78 is 0. The van der Waals surface area contributed by atoms with Gasteiger partial charge in [-0.2, -0.15) is 0 Å². The quantitative estimate of drug-likeness (QED) is 0.558. The lowest BCUT2D eigenvalue weighted by atomic mass is 9.93. The van der Waals surface area contributed by atoms with Gasteiger partial charge in [-0.3, -0.25) is 4.79 Å². The minimum absolute atomic E-state index is 0.117. The number of carboxylic acid groups (broad SMARTS) is 1. The zero-order valence-electron chi connectivity index (χ0n) is 12.5. The fourth-order valence-corrected chi connectivity index (χ4v) is 2.97. The van der Waals surface area contributed by atoms with E-state index in [1.54, 1.807) is 0 Å². The Kier molecular flexibility index (Phi) is 8.89. The molecule has 0 aromatic heterocycles. The van der Waals surface area contributed by atoms with E-state index in [9.17, 15) is 9.90 Å². The molecule has 0 bridgehead atoms. The van der Waals surface area contributed by atoms with Gasteiger partial charge in [0.1, 0.15) is 0 Å². The van der Waals surface area contributed by atoms with Gasteiger partial charge in [-0.25, -0.2) is 0 Å². The molecule has 0 aromatic carbocycles. The molecule has 1 rings (SSSR count). The molecule has 112 valence electrons. The molecule has 3 nitrogen and oxygen atoms in total. The first kappa shape index (κ1) is 16.5. The topological polar surface area (TPSA) is 49.3 Å². The number of nitrogens with one attached hydrogen (secondary N) is 1. The number of rotatable bonds is 11. The molecule has 1 fully saturated rings. The SMILES string of the molecule is CCCCCCCCC(CCC1CCCN1)C(=O)O. The molecule has 0 saturated carbocycles. The van der Waals surface area contributed by atoms with Crippen LogP contribution >= 0.6 is 0 Å². The summed E-state index contributed by atoms with van der Waals surface area (Å²) >= 11 is 0. The van der Waals surface area contributed by atoms with Crippen molar-refractivity contribution in [1.29, 1.82) is 0 Å². The van der Waals surface area contributed by atoms with E-state index in [0.29, 0.717) is 6.04 Å². The summed E-state index contributed by atoms with van der Waals surface area (Å²) in [5.74, 6) is -0.708. The van der Waals surface area contributed by atoms with E-state index in [-0.39, 0.29) is 5.92 Å². The van der Waals surface area contributed by atoms with Crippen molar-refractivity contribution in [3.63, 3.8) is 0 Å². The van der Waals surface area contributed by atoms with Crippen LogP contribution in [-0.2, 0) is 4.79 Å². The van der Waals surface area contributed by atoms with E-state index >= 15 is 0 Å². The van der Waals surface area contributed by atoms with Gasteiger partial charge in [0.2, 0.25) is 0 Å². The third-order valence-corrected chi connectivity index (χ3v) is 4.28. The summed E-state index contributed by atoms with van der Waals surface area (Å²) in [6.07, 6.45) is 12.7. The predicted molar refractivity (Wildman–Crippen MR) is 79.4 cm³/mol. The first-order valence-electron chi connectivity index (χ1n) is 8.20. The van der Waals surface area contributed by atoms with Crippen molar-refractivity contribution >= 4 is 5.97 Å². The number of unbranched alkanes of at least 4 members (excludes halogenated alkanes) is 5. The van der Waals surface area contributed by atoms with Crippen molar-refractivity contribution in [2.75, 3.05) is 6.54 Å². The second-order valence-corrected chi connectivity index (χ2v) is 5.96. The molecule has 1 heterocycles. The minimum Gasteiger partial charge on any atom is -0.481 e. The van der Waals surface area contributed by atoms with Crippen LogP contribution in [0.1, 0.15) is 77.6 Å². The normalized spacial score (nSPS) is 20.6. The molecule has 2 unspecified atom stereocenters. The summed E-state index contributed by atoms with van der Waals surface area (Å²) in [4.78, 5) is 11.3. The van der Waals surface area contributed by atoms with Gasteiger partial charge in [0.25, 0.3) is 0 Å². The number of carbonyl (C=O) groups is 1. The van der Waals surface area contributed by atoms with E-state index in [0.717, 1.165) is 32.2 Å². The van der Waals surface area contributed by atoms with Crippen molar-refractivity contribution in [2.45, 2.75) is 83.6 Å². The summed E-state index contributed by atoms with van der Waals surface area (Å²) in [6, 6.07) is 0.575. The van der Waals surface area contributed by atoms with Crippen LogP contribution in [0.2, 0.25) is 0 Å². The molecular weight excluding hydrogens is 238 g/mol. The molecule has 1 saturated heterocycles. The van der Waals surface area contributed by atoms with Crippen LogP contribution in [-0.4, -0.2) is 23.7 Å².